The van der Waals surface area contributed by atoms with E-state index in [1.54, 1.807) is 40.0 Å². The van der Waals surface area contributed by atoms with E-state index in [9.17, 15) is 18.0 Å². The Morgan fingerprint density at radius 1 is 1.17 bits per heavy atom. The number of methoxy groups -OCH3 is 1. The third kappa shape index (κ3) is 6.47. The van der Waals surface area contributed by atoms with Crippen LogP contribution in [0, 0.1) is 5.41 Å². The summed E-state index contributed by atoms with van der Waals surface area (Å²) >= 11 is 0.718. The van der Waals surface area contributed by atoms with Gasteiger partial charge >= 0.3 is 0 Å². The smallest absolute Gasteiger partial charge is 0.291 e. The summed E-state index contributed by atoms with van der Waals surface area (Å²) in [4.78, 5) is 24.5. The second kappa shape index (κ2) is 9.96. The number of sulfonamides is 1. The predicted octanol–water partition coefficient (Wildman–Crippen LogP) is 2.09. The number of anilines is 2. The molecule has 2 aromatic rings. The van der Waals surface area contributed by atoms with Gasteiger partial charge in [-0.25, -0.2) is 0 Å². The van der Waals surface area contributed by atoms with E-state index in [2.05, 4.69) is 25.6 Å². The van der Waals surface area contributed by atoms with Crippen LogP contribution in [0.15, 0.2) is 28.6 Å². The Bertz CT molecular complexity index is 998. The zero-order valence-corrected chi connectivity index (χ0v) is 18.8. The number of carbonyl (C=O) groups is 2. The molecule has 0 atom stereocenters. The van der Waals surface area contributed by atoms with Gasteiger partial charge in [-0.2, -0.15) is 8.42 Å². The first-order chi connectivity index (χ1) is 14.0. The van der Waals surface area contributed by atoms with Crippen LogP contribution in [0.5, 0.6) is 0 Å². The SMILES string of the molecule is COCCCNC(=O)c1ccccc1NS(=O)(=O)c1nnc(NC(=O)C(C)(C)C)s1. The molecule has 164 valence electrons. The van der Waals surface area contributed by atoms with Gasteiger partial charge in [0.1, 0.15) is 0 Å². The van der Waals surface area contributed by atoms with Gasteiger partial charge in [0.05, 0.1) is 11.3 Å². The summed E-state index contributed by atoms with van der Waals surface area (Å²) in [6.45, 7) is 6.06. The lowest BCUT2D eigenvalue weighted by atomic mass is 9.96. The van der Waals surface area contributed by atoms with Gasteiger partial charge in [0, 0.05) is 25.7 Å². The molecule has 2 rings (SSSR count). The largest absolute Gasteiger partial charge is 0.385 e. The van der Waals surface area contributed by atoms with Gasteiger partial charge in [0.2, 0.25) is 11.0 Å². The van der Waals surface area contributed by atoms with Crippen LogP contribution in [0.25, 0.3) is 0 Å². The van der Waals surface area contributed by atoms with E-state index in [0.29, 0.717) is 19.6 Å². The molecule has 0 aliphatic heterocycles. The van der Waals surface area contributed by atoms with Crippen LogP contribution in [0.2, 0.25) is 0 Å². The number of amides is 2. The molecular weight excluding hydrogens is 430 g/mol. The molecule has 0 bridgehead atoms. The van der Waals surface area contributed by atoms with Gasteiger partial charge in [0.15, 0.2) is 0 Å². The number of aromatic nitrogens is 2. The topological polar surface area (TPSA) is 139 Å². The van der Waals surface area contributed by atoms with Crippen LogP contribution in [-0.4, -0.2) is 50.7 Å². The first-order valence-corrected chi connectivity index (χ1v) is 11.4. The van der Waals surface area contributed by atoms with Crippen LogP contribution in [-0.2, 0) is 19.6 Å². The summed E-state index contributed by atoms with van der Waals surface area (Å²) < 4.78 is 32.4. The van der Waals surface area contributed by atoms with E-state index in [-0.39, 0.29) is 26.6 Å². The summed E-state index contributed by atoms with van der Waals surface area (Å²) in [7, 11) is -2.54. The molecule has 12 heteroatoms. The minimum absolute atomic E-state index is 0.0690. The predicted molar refractivity (Wildman–Crippen MR) is 114 cm³/mol. The Labute approximate surface area is 179 Å². The maximum Gasteiger partial charge on any atom is 0.291 e. The number of ether oxygens (including phenoxy) is 1. The first-order valence-electron chi connectivity index (χ1n) is 9.08. The lowest BCUT2D eigenvalue weighted by Gasteiger charge is -2.15. The van der Waals surface area contributed by atoms with Crippen LogP contribution in [0.4, 0.5) is 10.8 Å². The first kappa shape index (κ1) is 23.7. The van der Waals surface area contributed by atoms with Crippen molar-refractivity contribution in [3.63, 3.8) is 0 Å². The summed E-state index contributed by atoms with van der Waals surface area (Å²) in [5, 5.41) is 12.7. The second-order valence-electron chi connectivity index (χ2n) is 7.33. The molecule has 0 fully saturated rings. The second-order valence-corrected chi connectivity index (χ2v) is 10.2. The lowest BCUT2D eigenvalue weighted by Crippen LogP contribution is -2.27. The molecule has 10 nitrogen and oxygen atoms in total. The number of hydrogen-bond donors (Lipinski definition) is 3. The van der Waals surface area contributed by atoms with Crippen molar-refractivity contribution in [1.29, 1.82) is 0 Å². The quantitative estimate of drug-likeness (QED) is 0.388. The van der Waals surface area contributed by atoms with Crippen LogP contribution >= 0.6 is 11.3 Å². The maximum atomic E-state index is 12.7. The molecule has 30 heavy (non-hydrogen) atoms. The van der Waals surface area contributed by atoms with Gasteiger partial charge in [0.25, 0.3) is 20.3 Å². The molecule has 0 saturated heterocycles. The zero-order valence-electron chi connectivity index (χ0n) is 17.2. The molecule has 3 N–H and O–H groups in total. The number of para-hydroxylation sites is 1. The van der Waals surface area contributed by atoms with Gasteiger partial charge in [-0.15, -0.1) is 10.2 Å². The molecule has 0 aliphatic carbocycles. The molecule has 2 amide bonds. The molecule has 1 heterocycles. The Hall–Kier alpha value is -2.57. The molecule has 0 radical (unpaired) electrons. The van der Waals surface area contributed by atoms with Crippen molar-refractivity contribution in [3.05, 3.63) is 29.8 Å². The van der Waals surface area contributed by atoms with E-state index < -0.39 is 21.3 Å². The summed E-state index contributed by atoms with van der Waals surface area (Å²) in [5.74, 6) is -0.731. The molecule has 1 aromatic heterocycles. The highest BCUT2D eigenvalue weighted by molar-refractivity contribution is 7.94. The van der Waals surface area contributed by atoms with E-state index in [1.165, 1.54) is 12.1 Å². The fourth-order valence-corrected chi connectivity index (χ4v) is 4.10. The molecule has 0 unspecified atom stereocenters. The maximum absolute atomic E-state index is 12.7. The third-order valence-corrected chi connectivity index (χ3v) is 6.34. The number of hydrogen-bond acceptors (Lipinski definition) is 8. The van der Waals surface area contributed by atoms with Gasteiger partial charge in [-0.05, 0) is 18.6 Å². The van der Waals surface area contributed by atoms with Crippen molar-refractivity contribution in [2.45, 2.75) is 31.5 Å². The van der Waals surface area contributed by atoms with Crippen LogP contribution in [0.1, 0.15) is 37.6 Å². The molecule has 0 spiro atoms. The van der Waals surface area contributed by atoms with Crippen molar-refractivity contribution >= 4 is 44.0 Å². The van der Waals surface area contributed by atoms with Crippen molar-refractivity contribution in [3.8, 4) is 0 Å². The minimum Gasteiger partial charge on any atom is -0.385 e. The van der Waals surface area contributed by atoms with E-state index in [1.807, 2.05) is 0 Å². The summed E-state index contributed by atoms with van der Waals surface area (Å²) in [6, 6.07) is 6.23. The molecular formula is C18H25N5O5S2. The zero-order chi connectivity index (χ0) is 22.4. The highest BCUT2D eigenvalue weighted by atomic mass is 32.2. The standard InChI is InChI=1S/C18H25N5O5S2/c1-18(2,3)15(25)20-16-21-22-17(29-16)30(26,27)23-13-9-6-5-8-12(13)14(24)19-10-7-11-28-4/h5-6,8-9,23H,7,10-11H2,1-4H3,(H,19,24)(H,20,21,25). The Morgan fingerprint density at radius 2 is 1.87 bits per heavy atom. The van der Waals surface area contributed by atoms with E-state index in [0.717, 1.165) is 11.3 Å². The third-order valence-electron chi connectivity index (χ3n) is 3.76. The molecule has 0 aliphatic rings. The average Bonchev–Trinajstić information content (AvgIpc) is 3.14. The average molecular weight is 456 g/mol. The van der Waals surface area contributed by atoms with Gasteiger partial charge < -0.3 is 15.4 Å². The summed E-state index contributed by atoms with van der Waals surface area (Å²) in [5.41, 5.74) is -0.389. The van der Waals surface area contributed by atoms with Crippen molar-refractivity contribution in [2.75, 3.05) is 30.3 Å². The number of benzene rings is 1. The van der Waals surface area contributed by atoms with Crippen molar-refractivity contribution < 1.29 is 22.7 Å². The van der Waals surface area contributed by atoms with Crippen LogP contribution < -0.4 is 15.4 Å². The van der Waals surface area contributed by atoms with Gasteiger partial charge in [-0.1, -0.05) is 44.2 Å². The van der Waals surface area contributed by atoms with Crippen molar-refractivity contribution in [1.82, 2.24) is 15.5 Å². The van der Waals surface area contributed by atoms with E-state index in [4.69, 9.17) is 4.74 Å². The normalized spacial score (nSPS) is 11.7. The monoisotopic (exact) mass is 455 g/mol. The van der Waals surface area contributed by atoms with Crippen molar-refractivity contribution in [2.24, 2.45) is 5.41 Å². The van der Waals surface area contributed by atoms with Crippen LogP contribution in [0.3, 0.4) is 0 Å². The fraction of sp³-hybridized carbons (Fsp3) is 0.444. The lowest BCUT2D eigenvalue weighted by molar-refractivity contribution is -0.123. The number of nitrogens with zero attached hydrogens (tertiary/aromatic N) is 2. The minimum atomic E-state index is -4.11. The Kier molecular flexibility index (Phi) is 7.87. The molecule has 1 aromatic carbocycles. The highest BCUT2D eigenvalue weighted by Crippen LogP contribution is 2.25. The number of carbonyl (C=O) groups excluding carboxylic acids is 2. The number of nitrogens with one attached hydrogen (secondary N) is 3. The summed E-state index contributed by atoms with van der Waals surface area (Å²) in [6.07, 6.45) is 0.629. The number of rotatable bonds is 9. The Balaban J connectivity index is 2.14. The van der Waals surface area contributed by atoms with Gasteiger partial charge in [-0.3, -0.25) is 14.3 Å². The van der Waals surface area contributed by atoms with E-state index >= 15 is 0 Å². The molecule has 0 saturated carbocycles. The highest BCUT2D eigenvalue weighted by Gasteiger charge is 2.26. The fourth-order valence-electron chi connectivity index (χ4n) is 2.13. The Morgan fingerprint density at radius 3 is 2.53 bits per heavy atom.